The van der Waals surface area contributed by atoms with Crippen molar-refractivity contribution in [3.05, 3.63) is 16.1 Å². The van der Waals surface area contributed by atoms with Crippen molar-refractivity contribution < 1.29 is 0 Å². The molecule has 1 fully saturated rings. The predicted molar refractivity (Wildman–Crippen MR) is 61.2 cm³/mol. The summed E-state index contributed by atoms with van der Waals surface area (Å²) in [7, 11) is 0. The number of aromatic nitrogens is 1. The molecule has 1 aromatic heterocycles. The third kappa shape index (κ3) is 4.27. The summed E-state index contributed by atoms with van der Waals surface area (Å²) in [5.74, 6) is 0. The van der Waals surface area contributed by atoms with Gasteiger partial charge < -0.3 is 5.32 Å². The molecule has 0 aliphatic heterocycles. The fourth-order valence-corrected chi connectivity index (χ4v) is 1.74. The van der Waals surface area contributed by atoms with Gasteiger partial charge in [0, 0.05) is 23.7 Å². The van der Waals surface area contributed by atoms with E-state index in [2.05, 4.69) is 17.2 Å². The lowest BCUT2D eigenvalue weighted by atomic mass is 10.6. The number of nitrogens with one attached hydrogen (secondary N) is 1. The van der Waals surface area contributed by atoms with E-state index < -0.39 is 0 Å². The highest BCUT2D eigenvalue weighted by atomic mass is 35.5. The zero-order valence-electron chi connectivity index (χ0n) is 7.45. The number of aryl methyl sites for hydroxylation is 1. The zero-order valence-corrected chi connectivity index (χ0v) is 9.90. The first kappa shape index (κ1) is 13.2. The molecule has 76 valence electrons. The van der Waals surface area contributed by atoms with Crippen LogP contribution in [0.15, 0.2) is 6.20 Å². The van der Waals surface area contributed by atoms with Gasteiger partial charge >= 0.3 is 0 Å². The Morgan fingerprint density at radius 1 is 1.54 bits per heavy atom. The molecule has 5 heteroatoms. The van der Waals surface area contributed by atoms with E-state index in [4.69, 9.17) is 0 Å². The van der Waals surface area contributed by atoms with E-state index in [1.54, 1.807) is 11.3 Å². The molecule has 0 atom stereocenters. The SMILES string of the molecule is Cc1cnc(CNC2CC2)s1.Cl.Cl. The first-order valence-electron chi connectivity index (χ1n) is 3.99. The minimum absolute atomic E-state index is 0. The summed E-state index contributed by atoms with van der Waals surface area (Å²) in [6.45, 7) is 3.06. The van der Waals surface area contributed by atoms with Crippen molar-refractivity contribution in [1.82, 2.24) is 10.3 Å². The van der Waals surface area contributed by atoms with Gasteiger partial charge in [-0.3, -0.25) is 0 Å². The summed E-state index contributed by atoms with van der Waals surface area (Å²) in [6.07, 6.45) is 4.64. The molecule has 0 aromatic carbocycles. The fraction of sp³-hybridized carbons (Fsp3) is 0.625. The van der Waals surface area contributed by atoms with E-state index >= 15 is 0 Å². The first-order valence-corrected chi connectivity index (χ1v) is 4.81. The van der Waals surface area contributed by atoms with E-state index in [1.807, 2.05) is 6.20 Å². The van der Waals surface area contributed by atoms with Crippen LogP contribution in [0.2, 0.25) is 0 Å². The largest absolute Gasteiger partial charge is 0.308 e. The van der Waals surface area contributed by atoms with Crippen LogP contribution >= 0.6 is 36.2 Å². The molecular formula is C8H14Cl2N2S. The van der Waals surface area contributed by atoms with Crippen LogP contribution in [0, 0.1) is 6.92 Å². The second-order valence-electron chi connectivity index (χ2n) is 3.02. The predicted octanol–water partition coefficient (Wildman–Crippen LogP) is 2.55. The molecule has 1 heterocycles. The maximum Gasteiger partial charge on any atom is 0.107 e. The standard InChI is InChI=1S/C8H12N2S.2ClH/c1-6-4-10-8(11-6)5-9-7-2-3-7;;/h4,7,9H,2-3,5H2,1H3;2*1H. The average molecular weight is 241 g/mol. The van der Waals surface area contributed by atoms with E-state index in [-0.39, 0.29) is 24.8 Å². The maximum absolute atomic E-state index is 4.27. The third-order valence-electron chi connectivity index (χ3n) is 1.79. The molecule has 1 N–H and O–H groups in total. The molecule has 0 saturated heterocycles. The van der Waals surface area contributed by atoms with E-state index in [9.17, 15) is 0 Å². The van der Waals surface area contributed by atoms with Crippen LogP contribution in [0.5, 0.6) is 0 Å². The van der Waals surface area contributed by atoms with Crippen molar-refractivity contribution in [1.29, 1.82) is 0 Å². The van der Waals surface area contributed by atoms with Crippen molar-refractivity contribution in [3.8, 4) is 0 Å². The van der Waals surface area contributed by atoms with Gasteiger partial charge in [-0.1, -0.05) is 0 Å². The number of nitrogens with zero attached hydrogens (tertiary/aromatic N) is 1. The summed E-state index contributed by atoms with van der Waals surface area (Å²) in [5.41, 5.74) is 0. The van der Waals surface area contributed by atoms with Crippen LogP contribution in [0.3, 0.4) is 0 Å². The van der Waals surface area contributed by atoms with E-state index in [1.165, 1.54) is 22.7 Å². The van der Waals surface area contributed by atoms with Crippen molar-refractivity contribution in [2.45, 2.75) is 32.4 Å². The molecule has 13 heavy (non-hydrogen) atoms. The van der Waals surface area contributed by atoms with Crippen molar-refractivity contribution in [2.75, 3.05) is 0 Å². The summed E-state index contributed by atoms with van der Waals surface area (Å²) < 4.78 is 0. The molecule has 0 bridgehead atoms. The van der Waals surface area contributed by atoms with Crippen LogP contribution < -0.4 is 5.32 Å². The summed E-state index contributed by atoms with van der Waals surface area (Å²) in [5, 5.41) is 4.65. The van der Waals surface area contributed by atoms with Crippen LogP contribution in [0.1, 0.15) is 22.7 Å². The molecule has 1 aliphatic carbocycles. The van der Waals surface area contributed by atoms with Gasteiger partial charge in [0.2, 0.25) is 0 Å². The number of thiazole rings is 1. The second kappa shape index (κ2) is 5.81. The highest BCUT2D eigenvalue weighted by molar-refractivity contribution is 7.11. The van der Waals surface area contributed by atoms with Gasteiger partial charge in [0.05, 0.1) is 0 Å². The van der Waals surface area contributed by atoms with Gasteiger partial charge in [0.1, 0.15) is 5.01 Å². The molecule has 1 saturated carbocycles. The molecule has 2 rings (SSSR count). The minimum Gasteiger partial charge on any atom is -0.308 e. The quantitative estimate of drug-likeness (QED) is 0.879. The van der Waals surface area contributed by atoms with Crippen LogP contribution in [0.4, 0.5) is 0 Å². The average Bonchev–Trinajstić information content (AvgIpc) is 2.72. The van der Waals surface area contributed by atoms with Crippen molar-refractivity contribution >= 4 is 36.2 Å². The number of hydrogen-bond acceptors (Lipinski definition) is 3. The Labute approximate surface area is 95.0 Å². The molecule has 1 aliphatic rings. The molecule has 0 spiro atoms. The van der Waals surface area contributed by atoms with E-state index in [0.29, 0.717) is 0 Å². The van der Waals surface area contributed by atoms with Gasteiger partial charge in [-0.05, 0) is 19.8 Å². The van der Waals surface area contributed by atoms with Crippen LogP contribution in [-0.2, 0) is 6.54 Å². The zero-order chi connectivity index (χ0) is 7.68. The topological polar surface area (TPSA) is 24.9 Å². The molecule has 0 radical (unpaired) electrons. The van der Waals surface area contributed by atoms with Crippen molar-refractivity contribution in [2.24, 2.45) is 0 Å². The Bertz CT molecular complexity index is 248. The van der Waals surface area contributed by atoms with Crippen LogP contribution in [-0.4, -0.2) is 11.0 Å². The van der Waals surface area contributed by atoms with Gasteiger partial charge in [-0.15, -0.1) is 36.2 Å². The lowest BCUT2D eigenvalue weighted by Gasteiger charge is -1.96. The van der Waals surface area contributed by atoms with Crippen LogP contribution in [0.25, 0.3) is 0 Å². The Morgan fingerprint density at radius 3 is 2.69 bits per heavy atom. The molecule has 2 nitrogen and oxygen atoms in total. The molecule has 0 unspecified atom stereocenters. The van der Waals surface area contributed by atoms with Gasteiger partial charge in [-0.2, -0.15) is 0 Å². The smallest absolute Gasteiger partial charge is 0.107 e. The minimum atomic E-state index is 0. The van der Waals surface area contributed by atoms with Gasteiger partial charge in [0.25, 0.3) is 0 Å². The number of halogens is 2. The monoisotopic (exact) mass is 240 g/mol. The lowest BCUT2D eigenvalue weighted by Crippen LogP contribution is -2.14. The molecule has 0 amide bonds. The normalized spacial score (nSPS) is 14.5. The Balaban J connectivity index is 0.000000720. The Kier molecular flexibility index (Phi) is 5.88. The lowest BCUT2D eigenvalue weighted by molar-refractivity contribution is 0.684. The fourth-order valence-electron chi connectivity index (χ4n) is 1.00. The Morgan fingerprint density at radius 2 is 2.23 bits per heavy atom. The Hall–Kier alpha value is 0.170. The molecule has 1 aromatic rings. The van der Waals surface area contributed by atoms with E-state index in [0.717, 1.165) is 12.6 Å². The summed E-state index contributed by atoms with van der Waals surface area (Å²) >= 11 is 1.78. The third-order valence-corrected chi connectivity index (χ3v) is 2.70. The first-order chi connectivity index (χ1) is 5.34. The highest BCUT2D eigenvalue weighted by Crippen LogP contribution is 2.20. The van der Waals surface area contributed by atoms with Crippen molar-refractivity contribution in [3.63, 3.8) is 0 Å². The molecular weight excluding hydrogens is 227 g/mol. The number of rotatable bonds is 3. The second-order valence-corrected chi connectivity index (χ2v) is 4.34. The highest BCUT2D eigenvalue weighted by Gasteiger charge is 2.20. The van der Waals surface area contributed by atoms with Gasteiger partial charge in [0.15, 0.2) is 0 Å². The summed E-state index contributed by atoms with van der Waals surface area (Å²) in [6, 6.07) is 0.791. The summed E-state index contributed by atoms with van der Waals surface area (Å²) in [4.78, 5) is 5.57. The number of hydrogen-bond donors (Lipinski definition) is 1. The van der Waals surface area contributed by atoms with Gasteiger partial charge in [-0.25, -0.2) is 4.98 Å². The maximum atomic E-state index is 4.27.